The van der Waals surface area contributed by atoms with Crippen molar-refractivity contribution in [1.29, 1.82) is 0 Å². The van der Waals surface area contributed by atoms with Crippen LogP contribution >= 0.6 is 0 Å². The molecular weight excluding hydrogens is 452 g/mol. The molecule has 3 aromatic rings. The summed E-state index contributed by atoms with van der Waals surface area (Å²) in [5.74, 6) is -1.17. The van der Waals surface area contributed by atoms with Crippen LogP contribution in [0.2, 0.25) is 0 Å². The molecule has 176 valence electrons. The Bertz CT molecular complexity index is 1270. The summed E-state index contributed by atoms with van der Waals surface area (Å²) < 4.78 is 32.1. The first kappa shape index (κ1) is 23.7. The van der Waals surface area contributed by atoms with Crippen molar-refractivity contribution in [2.75, 3.05) is 18.4 Å². The molecule has 7 nitrogen and oxygen atoms in total. The van der Waals surface area contributed by atoms with E-state index in [4.69, 9.17) is 4.74 Å². The lowest BCUT2D eigenvalue weighted by atomic mass is 10.0. The first-order valence-corrected chi connectivity index (χ1v) is 12.6. The number of carbonyl (C=O) groups is 2. The Morgan fingerprint density at radius 1 is 0.882 bits per heavy atom. The molecule has 34 heavy (non-hydrogen) atoms. The lowest BCUT2D eigenvalue weighted by molar-refractivity contribution is -0.123. The van der Waals surface area contributed by atoms with Gasteiger partial charge in [0.15, 0.2) is 6.10 Å². The summed E-state index contributed by atoms with van der Waals surface area (Å²) in [7, 11) is -3.56. The number of para-hydroxylation sites is 1. The molecule has 0 spiro atoms. The Hall–Kier alpha value is -3.49. The highest BCUT2D eigenvalue weighted by molar-refractivity contribution is 7.89. The second-order valence-electron chi connectivity index (χ2n) is 8.08. The second kappa shape index (κ2) is 10.2. The van der Waals surface area contributed by atoms with Crippen LogP contribution in [-0.4, -0.2) is 43.8 Å². The molecule has 1 saturated heterocycles. The third-order valence-electron chi connectivity index (χ3n) is 5.72. The summed E-state index contributed by atoms with van der Waals surface area (Å²) in [5.41, 5.74) is 2.58. The van der Waals surface area contributed by atoms with Crippen molar-refractivity contribution in [2.24, 2.45) is 0 Å². The fourth-order valence-electron chi connectivity index (χ4n) is 3.82. The zero-order chi connectivity index (χ0) is 24.1. The molecule has 8 heteroatoms. The molecule has 0 bridgehead atoms. The number of hydrogen-bond donors (Lipinski definition) is 1. The number of nitrogens with one attached hydrogen (secondary N) is 1. The molecule has 4 rings (SSSR count). The quantitative estimate of drug-likeness (QED) is 0.511. The summed E-state index contributed by atoms with van der Waals surface area (Å²) >= 11 is 0. The molecule has 1 heterocycles. The summed E-state index contributed by atoms with van der Waals surface area (Å²) in [5, 5.41) is 2.82. The van der Waals surface area contributed by atoms with Gasteiger partial charge in [-0.25, -0.2) is 13.2 Å². The number of hydrogen-bond acceptors (Lipinski definition) is 5. The Balaban J connectivity index is 1.41. The molecule has 1 unspecified atom stereocenters. The van der Waals surface area contributed by atoms with Gasteiger partial charge in [0, 0.05) is 24.3 Å². The topological polar surface area (TPSA) is 92.8 Å². The molecule has 0 aromatic heterocycles. The van der Waals surface area contributed by atoms with Crippen LogP contribution in [0.15, 0.2) is 83.8 Å². The number of rotatable bonds is 7. The number of amides is 1. The van der Waals surface area contributed by atoms with Crippen LogP contribution in [-0.2, 0) is 19.6 Å². The lowest BCUT2D eigenvalue weighted by Crippen LogP contribution is -2.30. The second-order valence-corrected chi connectivity index (χ2v) is 10.0. The van der Waals surface area contributed by atoms with E-state index in [1.165, 1.54) is 35.5 Å². The van der Waals surface area contributed by atoms with Crippen molar-refractivity contribution in [2.45, 2.75) is 30.8 Å². The van der Waals surface area contributed by atoms with Gasteiger partial charge in [-0.1, -0.05) is 48.5 Å². The summed E-state index contributed by atoms with van der Waals surface area (Å²) in [6.45, 7) is 2.50. The summed E-state index contributed by atoms with van der Waals surface area (Å²) in [6, 6.07) is 22.6. The average molecular weight is 479 g/mol. The van der Waals surface area contributed by atoms with E-state index in [-0.39, 0.29) is 10.5 Å². The molecule has 1 aliphatic heterocycles. The van der Waals surface area contributed by atoms with Crippen molar-refractivity contribution < 1.29 is 22.7 Å². The molecule has 1 fully saturated rings. The number of anilines is 1. The van der Waals surface area contributed by atoms with Crippen LogP contribution in [0.4, 0.5) is 5.69 Å². The first-order chi connectivity index (χ1) is 16.4. The van der Waals surface area contributed by atoms with Crippen LogP contribution in [0.5, 0.6) is 0 Å². The van der Waals surface area contributed by atoms with Gasteiger partial charge in [-0.15, -0.1) is 0 Å². The number of benzene rings is 3. The number of ether oxygens (including phenoxy) is 1. The van der Waals surface area contributed by atoms with Crippen molar-refractivity contribution >= 4 is 27.6 Å². The van der Waals surface area contributed by atoms with Crippen LogP contribution in [0.25, 0.3) is 11.1 Å². The Labute approximate surface area is 199 Å². The van der Waals surface area contributed by atoms with Crippen LogP contribution in [0.3, 0.4) is 0 Å². The minimum absolute atomic E-state index is 0.134. The molecule has 1 atom stereocenters. The highest BCUT2D eigenvalue weighted by Gasteiger charge is 2.27. The number of nitrogens with zero attached hydrogens (tertiary/aromatic N) is 1. The highest BCUT2D eigenvalue weighted by atomic mass is 32.2. The SMILES string of the molecule is CC(OC(=O)c1ccc(S(=O)(=O)N2CCCC2)cc1)C(=O)Nc1ccccc1-c1ccccc1. The van der Waals surface area contributed by atoms with Crippen LogP contribution in [0, 0.1) is 0 Å². The largest absolute Gasteiger partial charge is 0.449 e. The molecule has 0 radical (unpaired) electrons. The Morgan fingerprint density at radius 2 is 1.50 bits per heavy atom. The number of sulfonamides is 1. The van der Waals surface area contributed by atoms with Crippen molar-refractivity contribution in [3.05, 3.63) is 84.4 Å². The maximum Gasteiger partial charge on any atom is 0.338 e. The van der Waals surface area contributed by atoms with Gasteiger partial charge in [0.25, 0.3) is 5.91 Å². The fourth-order valence-corrected chi connectivity index (χ4v) is 5.34. The minimum Gasteiger partial charge on any atom is -0.449 e. The zero-order valence-corrected chi connectivity index (χ0v) is 19.6. The van der Waals surface area contributed by atoms with E-state index in [0.29, 0.717) is 18.8 Å². The Kier molecular flexibility index (Phi) is 7.09. The minimum atomic E-state index is -3.56. The van der Waals surface area contributed by atoms with Gasteiger partial charge >= 0.3 is 5.97 Å². The van der Waals surface area contributed by atoms with E-state index in [0.717, 1.165) is 24.0 Å². The number of esters is 1. The standard InChI is InChI=1S/C26H26N2O5S/c1-19(25(29)27-24-12-6-5-11-23(24)20-9-3-2-4-10-20)33-26(30)21-13-15-22(16-14-21)34(31,32)28-17-7-8-18-28/h2-6,9-16,19H,7-8,17-18H2,1H3,(H,27,29). The molecule has 1 amide bonds. The highest BCUT2D eigenvalue weighted by Crippen LogP contribution is 2.28. The molecule has 3 aromatic carbocycles. The monoisotopic (exact) mass is 478 g/mol. The van der Waals surface area contributed by atoms with Gasteiger partial charge in [0.2, 0.25) is 10.0 Å². The van der Waals surface area contributed by atoms with Gasteiger partial charge in [0.05, 0.1) is 10.5 Å². The molecular formula is C26H26N2O5S. The predicted molar refractivity (Wildman–Crippen MR) is 130 cm³/mol. The molecule has 1 aliphatic rings. The lowest BCUT2D eigenvalue weighted by Gasteiger charge is -2.17. The van der Waals surface area contributed by atoms with E-state index in [1.54, 1.807) is 6.07 Å². The van der Waals surface area contributed by atoms with E-state index in [9.17, 15) is 18.0 Å². The predicted octanol–water partition coefficient (Wildman–Crippen LogP) is 4.32. The Morgan fingerprint density at radius 3 is 2.18 bits per heavy atom. The zero-order valence-electron chi connectivity index (χ0n) is 18.8. The maximum absolute atomic E-state index is 12.7. The van der Waals surface area contributed by atoms with Gasteiger partial charge in [-0.3, -0.25) is 4.79 Å². The van der Waals surface area contributed by atoms with Crippen LogP contribution in [0.1, 0.15) is 30.1 Å². The van der Waals surface area contributed by atoms with E-state index in [1.807, 2.05) is 48.5 Å². The average Bonchev–Trinajstić information content (AvgIpc) is 3.41. The number of carbonyl (C=O) groups excluding carboxylic acids is 2. The molecule has 1 N–H and O–H groups in total. The first-order valence-electron chi connectivity index (χ1n) is 11.1. The van der Waals surface area contributed by atoms with Gasteiger partial charge in [-0.05, 0) is 55.7 Å². The third kappa shape index (κ3) is 5.18. The summed E-state index contributed by atoms with van der Waals surface area (Å²) in [6.07, 6.45) is 0.642. The van der Waals surface area contributed by atoms with E-state index < -0.39 is 28.0 Å². The fraction of sp³-hybridized carbons (Fsp3) is 0.231. The third-order valence-corrected chi connectivity index (χ3v) is 7.63. The van der Waals surface area contributed by atoms with Crippen molar-refractivity contribution in [3.63, 3.8) is 0 Å². The smallest absolute Gasteiger partial charge is 0.338 e. The van der Waals surface area contributed by atoms with E-state index >= 15 is 0 Å². The normalized spacial score (nSPS) is 15.0. The van der Waals surface area contributed by atoms with Crippen molar-refractivity contribution in [1.82, 2.24) is 4.31 Å². The van der Waals surface area contributed by atoms with Gasteiger partial charge < -0.3 is 10.1 Å². The molecule has 0 aliphatic carbocycles. The maximum atomic E-state index is 12.7. The molecule has 0 saturated carbocycles. The van der Waals surface area contributed by atoms with Gasteiger partial charge in [-0.2, -0.15) is 4.31 Å². The van der Waals surface area contributed by atoms with Gasteiger partial charge in [0.1, 0.15) is 0 Å². The summed E-state index contributed by atoms with van der Waals surface area (Å²) in [4.78, 5) is 25.4. The van der Waals surface area contributed by atoms with Crippen LogP contribution < -0.4 is 5.32 Å². The van der Waals surface area contributed by atoms with E-state index in [2.05, 4.69) is 5.32 Å². The van der Waals surface area contributed by atoms with Crippen molar-refractivity contribution in [3.8, 4) is 11.1 Å².